The van der Waals surface area contributed by atoms with Crippen molar-refractivity contribution >= 4 is 17.3 Å². The number of amides is 1. The summed E-state index contributed by atoms with van der Waals surface area (Å²) in [6, 6.07) is 1.86. The van der Waals surface area contributed by atoms with Gasteiger partial charge in [0.2, 0.25) is 0 Å². The third-order valence-electron chi connectivity index (χ3n) is 2.95. The second kappa shape index (κ2) is 5.22. The largest absolute Gasteiger partial charge is 0.396 e. The summed E-state index contributed by atoms with van der Waals surface area (Å²) in [5, 5.41) is 0. The summed E-state index contributed by atoms with van der Waals surface area (Å²) < 4.78 is 5.50. The van der Waals surface area contributed by atoms with Gasteiger partial charge in [0.25, 0.3) is 5.91 Å². The van der Waals surface area contributed by atoms with Crippen molar-refractivity contribution in [2.75, 3.05) is 44.4 Å². The van der Waals surface area contributed by atoms with Gasteiger partial charge in [-0.1, -0.05) is 0 Å². The van der Waals surface area contributed by atoms with Gasteiger partial charge in [-0.05, 0) is 6.07 Å². The van der Waals surface area contributed by atoms with Crippen LogP contribution in [0.5, 0.6) is 0 Å². The van der Waals surface area contributed by atoms with Crippen LogP contribution in [0.25, 0.3) is 0 Å². The number of nitrogens with zero attached hydrogens (tertiary/aromatic N) is 3. The molecule has 18 heavy (non-hydrogen) atoms. The molecular weight excluding hydrogens is 232 g/mol. The molecule has 2 N–H and O–H groups in total. The zero-order valence-electron chi connectivity index (χ0n) is 10.7. The SMILES string of the molecule is CN(C)C(=O)C1CN(c2ccncc2N)CCO1. The van der Waals surface area contributed by atoms with Gasteiger partial charge in [-0.15, -0.1) is 0 Å². The summed E-state index contributed by atoms with van der Waals surface area (Å²) in [6.45, 7) is 1.77. The molecule has 1 aromatic rings. The number of pyridine rings is 1. The van der Waals surface area contributed by atoms with Crippen molar-refractivity contribution < 1.29 is 9.53 Å². The van der Waals surface area contributed by atoms with Crippen LogP contribution < -0.4 is 10.6 Å². The number of likely N-dealkylation sites (N-methyl/N-ethyl adjacent to an activating group) is 1. The van der Waals surface area contributed by atoms with Gasteiger partial charge >= 0.3 is 0 Å². The molecule has 0 bridgehead atoms. The first kappa shape index (κ1) is 12.6. The minimum Gasteiger partial charge on any atom is -0.396 e. The molecule has 6 heteroatoms. The van der Waals surface area contributed by atoms with Crippen molar-refractivity contribution in [3.8, 4) is 0 Å². The van der Waals surface area contributed by atoms with Gasteiger partial charge in [0.1, 0.15) is 0 Å². The van der Waals surface area contributed by atoms with Crippen LogP contribution in [0.1, 0.15) is 0 Å². The number of carbonyl (C=O) groups excluding carboxylic acids is 1. The molecule has 0 radical (unpaired) electrons. The van der Waals surface area contributed by atoms with Crippen LogP contribution in [0.3, 0.4) is 0 Å². The Morgan fingerprint density at radius 1 is 1.61 bits per heavy atom. The van der Waals surface area contributed by atoms with Crippen molar-refractivity contribution in [3.05, 3.63) is 18.5 Å². The fourth-order valence-corrected chi connectivity index (χ4v) is 1.99. The van der Waals surface area contributed by atoms with Gasteiger partial charge < -0.3 is 20.3 Å². The maximum absolute atomic E-state index is 11.9. The van der Waals surface area contributed by atoms with E-state index >= 15 is 0 Å². The molecule has 0 aliphatic carbocycles. The zero-order chi connectivity index (χ0) is 13.1. The molecule has 98 valence electrons. The monoisotopic (exact) mass is 250 g/mol. The first-order valence-corrected chi connectivity index (χ1v) is 5.87. The molecule has 1 aromatic heterocycles. The number of aromatic nitrogens is 1. The van der Waals surface area contributed by atoms with E-state index in [4.69, 9.17) is 10.5 Å². The lowest BCUT2D eigenvalue weighted by Crippen LogP contribution is -2.49. The predicted octanol–water partition coefficient (Wildman–Crippen LogP) is -0.0428. The molecule has 1 aliphatic rings. The Hall–Kier alpha value is -1.82. The van der Waals surface area contributed by atoms with Crippen LogP contribution >= 0.6 is 0 Å². The molecule has 1 unspecified atom stereocenters. The van der Waals surface area contributed by atoms with Gasteiger partial charge in [-0.2, -0.15) is 0 Å². The average Bonchev–Trinajstić information content (AvgIpc) is 2.38. The Morgan fingerprint density at radius 2 is 2.39 bits per heavy atom. The van der Waals surface area contributed by atoms with Crippen LogP contribution in [0.2, 0.25) is 0 Å². The number of nitrogen functional groups attached to an aromatic ring is 1. The van der Waals surface area contributed by atoms with E-state index in [0.29, 0.717) is 18.8 Å². The molecule has 2 heterocycles. The standard InChI is InChI=1S/C12H18N4O2/c1-15(2)12(17)11-8-16(5-6-18-11)10-3-4-14-7-9(10)13/h3-4,7,11H,5-6,8,13H2,1-2H3. The van der Waals surface area contributed by atoms with E-state index in [1.54, 1.807) is 31.4 Å². The number of rotatable bonds is 2. The number of anilines is 2. The number of hydrogen-bond donors (Lipinski definition) is 1. The van der Waals surface area contributed by atoms with Gasteiger partial charge in [-0.3, -0.25) is 9.78 Å². The summed E-state index contributed by atoms with van der Waals surface area (Å²) in [6.07, 6.45) is 2.89. The molecular formula is C12H18N4O2. The maximum atomic E-state index is 11.9. The van der Waals surface area contributed by atoms with E-state index in [1.165, 1.54) is 0 Å². The Balaban J connectivity index is 2.12. The summed E-state index contributed by atoms with van der Waals surface area (Å²) in [7, 11) is 3.46. The molecule has 1 saturated heterocycles. The maximum Gasteiger partial charge on any atom is 0.253 e. The fraction of sp³-hybridized carbons (Fsp3) is 0.500. The molecule has 6 nitrogen and oxygen atoms in total. The van der Waals surface area contributed by atoms with Crippen molar-refractivity contribution in [2.45, 2.75) is 6.10 Å². The van der Waals surface area contributed by atoms with Crippen LogP contribution in [0.15, 0.2) is 18.5 Å². The van der Waals surface area contributed by atoms with Crippen molar-refractivity contribution in [2.24, 2.45) is 0 Å². The van der Waals surface area contributed by atoms with Gasteiger partial charge in [0, 0.05) is 26.8 Å². The van der Waals surface area contributed by atoms with Gasteiger partial charge in [-0.25, -0.2) is 0 Å². The molecule has 1 amide bonds. The second-order valence-corrected chi connectivity index (χ2v) is 4.47. The molecule has 0 aromatic carbocycles. The third-order valence-corrected chi connectivity index (χ3v) is 2.95. The number of hydrogen-bond acceptors (Lipinski definition) is 5. The van der Waals surface area contributed by atoms with Crippen LogP contribution in [0.4, 0.5) is 11.4 Å². The Bertz CT molecular complexity index is 436. The van der Waals surface area contributed by atoms with E-state index in [2.05, 4.69) is 9.88 Å². The van der Waals surface area contributed by atoms with Crippen molar-refractivity contribution in [1.29, 1.82) is 0 Å². The van der Waals surface area contributed by atoms with E-state index in [-0.39, 0.29) is 5.91 Å². The summed E-state index contributed by atoms with van der Waals surface area (Å²) in [5.41, 5.74) is 7.42. The highest BCUT2D eigenvalue weighted by Gasteiger charge is 2.28. The van der Waals surface area contributed by atoms with Crippen LogP contribution in [0, 0.1) is 0 Å². The highest BCUT2D eigenvalue weighted by molar-refractivity contribution is 5.81. The van der Waals surface area contributed by atoms with E-state index in [1.807, 2.05) is 6.07 Å². The minimum atomic E-state index is -0.429. The lowest BCUT2D eigenvalue weighted by molar-refractivity contribution is -0.141. The second-order valence-electron chi connectivity index (χ2n) is 4.47. The third kappa shape index (κ3) is 2.53. The topological polar surface area (TPSA) is 71.7 Å². The summed E-state index contributed by atoms with van der Waals surface area (Å²) >= 11 is 0. The van der Waals surface area contributed by atoms with Gasteiger partial charge in [0.05, 0.1) is 30.7 Å². The van der Waals surface area contributed by atoms with Gasteiger partial charge in [0.15, 0.2) is 6.10 Å². The molecule has 2 rings (SSSR count). The first-order valence-electron chi connectivity index (χ1n) is 5.87. The highest BCUT2D eigenvalue weighted by atomic mass is 16.5. The first-order chi connectivity index (χ1) is 8.59. The van der Waals surface area contributed by atoms with Crippen LogP contribution in [-0.4, -0.2) is 55.7 Å². The molecule has 0 spiro atoms. The lowest BCUT2D eigenvalue weighted by Gasteiger charge is -2.35. The zero-order valence-corrected chi connectivity index (χ0v) is 10.7. The van der Waals surface area contributed by atoms with E-state index in [9.17, 15) is 4.79 Å². The molecule has 0 saturated carbocycles. The van der Waals surface area contributed by atoms with Crippen molar-refractivity contribution in [3.63, 3.8) is 0 Å². The summed E-state index contributed by atoms with van der Waals surface area (Å²) in [5.74, 6) is -0.0210. The quantitative estimate of drug-likeness (QED) is 0.797. The average molecular weight is 250 g/mol. The molecule has 1 aliphatic heterocycles. The number of nitrogens with two attached hydrogens (primary N) is 1. The predicted molar refractivity (Wildman–Crippen MR) is 69.3 cm³/mol. The summed E-state index contributed by atoms with van der Waals surface area (Å²) in [4.78, 5) is 19.5. The van der Waals surface area contributed by atoms with E-state index < -0.39 is 6.10 Å². The minimum absolute atomic E-state index is 0.0210. The number of ether oxygens (including phenoxy) is 1. The number of carbonyl (C=O) groups is 1. The Labute approximate surface area is 106 Å². The van der Waals surface area contributed by atoms with Crippen LogP contribution in [-0.2, 0) is 9.53 Å². The fourth-order valence-electron chi connectivity index (χ4n) is 1.99. The highest BCUT2D eigenvalue weighted by Crippen LogP contribution is 2.23. The molecule has 1 atom stereocenters. The van der Waals surface area contributed by atoms with Crippen molar-refractivity contribution in [1.82, 2.24) is 9.88 Å². The van der Waals surface area contributed by atoms with E-state index in [0.717, 1.165) is 12.2 Å². The smallest absolute Gasteiger partial charge is 0.253 e. The normalized spacial score (nSPS) is 19.7. The lowest BCUT2D eigenvalue weighted by atomic mass is 10.2. The Kier molecular flexibility index (Phi) is 3.66. The number of morpholine rings is 1. The Morgan fingerprint density at radius 3 is 3.06 bits per heavy atom. The molecule has 1 fully saturated rings.